The molecule has 6 atom stereocenters. The van der Waals surface area contributed by atoms with Crippen molar-refractivity contribution in [1.29, 1.82) is 0 Å². The standard InChI is InChI=1S/C21H30O3/c1-19-8-5-15(22)13-14(19)3-4-16-17(19)6-9-20(2)18(16)7-10-21(20)23-11-12-24-21/h3,7,10,15-18,22H,4-6,8-9,11-13H2,1-2H3/t15-,16?,17?,18-,19-,20-/m0/s1. The van der Waals surface area contributed by atoms with Gasteiger partial charge in [0.15, 0.2) is 5.79 Å². The lowest BCUT2D eigenvalue weighted by Crippen LogP contribution is -2.55. The quantitative estimate of drug-likeness (QED) is 0.686. The number of hydrogen-bond acceptors (Lipinski definition) is 3. The highest BCUT2D eigenvalue weighted by Crippen LogP contribution is 2.66. The molecule has 4 aliphatic carbocycles. The average Bonchev–Trinajstić information content (AvgIpc) is 3.15. The van der Waals surface area contributed by atoms with E-state index in [1.54, 1.807) is 0 Å². The van der Waals surface area contributed by atoms with Crippen LogP contribution in [0.4, 0.5) is 0 Å². The monoisotopic (exact) mass is 330 g/mol. The van der Waals surface area contributed by atoms with Crippen LogP contribution >= 0.6 is 0 Å². The average molecular weight is 330 g/mol. The Bertz CT molecular complexity index is 602. The van der Waals surface area contributed by atoms with Gasteiger partial charge in [-0.15, -0.1) is 0 Å². The van der Waals surface area contributed by atoms with Gasteiger partial charge in [0.05, 0.1) is 19.3 Å². The van der Waals surface area contributed by atoms with Crippen molar-refractivity contribution in [2.75, 3.05) is 13.2 Å². The zero-order valence-corrected chi connectivity index (χ0v) is 15.0. The molecule has 5 rings (SSSR count). The SMILES string of the molecule is C[C@]12CC[C@H](O)CC1=CCC1C2CC[C@@]2(C)[C@H]1C=CC21OCCO1. The van der Waals surface area contributed by atoms with Gasteiger partial charge in [0, 0.05) is 5.41 Å². The molecule has 24 heavy (non-hydrogen) atoms. The fraction of sp³-hybridized carbons (Fsp3) is 0.810. The minimum absolute atomic E-state index is 0.0839. The van der Waals surface area contributed by atoms with E-state index in [1.807, 2.05) is 0 Å². The van der Waals surface area contributed by atoms with Gasteiger partial charge >= 0.3 is 0 Å². The Balaban J connectivity index is 1.50. The summed E-state index contributed by atoms with van der Waals surface area (Å²) in [7, 11) is 0. The van der Waals surface area contributed by atoms with E-state index < -0.39 is 5.79 Å². The second kappa shape index (κ2) is 4.96. The summed E-state index contributed by atoms with van der Waals surface area (Å²) in [6, 6.07) is 0. The summed E-state index contributed by atoms with van der Waals surface area (Å²) >= 11 is 0. The van der Waals surface area contributed by atoms with Crippen LogP contribution in [-0.2, 0) is 9.47 Å². The molecule has 132 valence electrons. The fourth-order valence-corrected chi connectivity index (χ4v) is 6.93. The summed E-state index contributed by atoms with van der Waals surface area (Å²) in [5.41, 5.74) is 1.92. The van der Waals surface area contributed by atoms with Crippen molar-refractivity contribution in [3.63, 3.8) is 0 Å². The van der Waals surface area contributed by atoms with Gasteiger partial charge in [-0.2, -0.15) is 0 Å². The second-order valence-corrected chi connectivity index (χ2v) is 9.25. The highest BCUT2D eigenvalue weighted by Gasteiger charge is 2.64. The molecule has 0 aromatic rings. The largest absolute Gasteiger partial charge is 0.393 e. The Morgan fingerprint density at radius 2 is 1.92 bits per heavy atom. The Morgan fingerprint density at radius 1 is 1.12 bits per heavy atom. The molecule has 3 nitrogen and oxygen atoms in total. The number of aliphatic hydroxyl groups is 1. The maximum atomic E-state index is 10.1. The predicted octanol–water partition coefficient (Wildman–Crippen LogP) is 3.83. The molecule has 1 saturated heterocycles. The first-order valence-electron chi connectivity index (χ1n) is 9.83. The summed E-state index contributed by atoms with van der Waals surface area (Å²) < 4.78 is 12.3. The zero-order chi connectivity index (χ0) is 16.6. The van der Waals surface area contributed by atoms with Crippen LogP contribution in [0.1, 0.15) is 52.4 Å². The smallest absolute Gasteiger partial charge is 0.193 e. The van der Waals surface area contributed by atoms with Gasteiger partial charge in [-0.1, -0.05) is 31.6 Å². The van der Waals surface area contributed by atoms with Crippen LogP contribution in [0.25, 0.3) is 0 Å². The van der Waals surface area contributed by atoms with Crippen molar-refractivity contribution in [1.82, 2.24) is 0 Å². The van der Waals surface area contributed by atoms with E-state index in [9.17, 15) is 5.11 Å². The summed E-state index contributed by atoms with van der Waals surface area (Å²) in [6.07, 6.45) is 13.6. The van der Waals surface area contributed by atoms with Crippen LogP contribution in [0, 0.1) is 28.6 Å². The lowest BCUT2D eigenvalue weighted by Gasteiger charge is -2.58. The summed E-state index contributed by atoms with van der Waals surface area (Å²) in [5.74, 6) is 1.52. The lowest BCUT2D eigenvalue weighted by molar-refractivity contribution is -0.222. The molecule has 0 radical (unpaired) electrons. The van der Waals surface area contributed by atoms with E-state index in [0.29, 0.717) is 17.3 Å². The van der Waals surface area contributed by atoms with Crippen LogP contribution in [0.5, 0.6) is 0 Å². The summed E-state index contributed by atoms with van der Waals surface area (Å²) in [6.45, 7) is 6.31. The Kier molecular flexibility index (Phi) is 3.22. The lowest BCUT2D eigenvalue weighted by atomic mass is 9.47. The van der Waals surface area contributed by atoms with E-state index in [1.165, 1.54) is 18.4 Å². The van der Waals surface area contributed by atoms with Crippen LogP contribution in [-0.4, -0.2) is 30.2 Å². The Morgan fingerprint density at radius 3 is 2.71 bits per heavy atom. The van der Waals surface area contributed by atoms with E-state index in [-0.39, 0.29) is 11.5 Å². The zero-order valence-electron chi connectivity index (χ0n) is 15.0. The third-order valence-electron chi connectivity index (χ3n) is 8.36. The van der Waals surface area contributed by atoms with Gasteiger partial charge in [0.25, 0.3) is 0 Å². The third-order valence-corrected chi connectivity index (χ3v) is 8.36. The molecule has 0 aromatic carbocycles. The van der Waals surface area contributed by atoms with E-state index in [4.69, 9.17) is 9.47 Å². The molecule has 2 unspecified atom stereocenters. The number of rotatable bonds is 0. The molecular weight excluding hydrogens is 300 g/mol. The highest BCUT2D eigenvalue weighted by atomic mass is 16.7. The third kappa shape index (κ3) is 1.79. The molecule has 0 amide bonds. The van der Waals surface area contributed by atoms with Crippen molar-refractivity contribution in [3.05, 3.63) is 23.8 Å². The number of aliphatic hydroxyl groups excluding tert-OH is 1. The van der Waals surface area contributed by atoms with Crippen LogP contribution in [0.3, 0.4) is 0 Å². The normalized spacial score (nSPS) is 51.9. The molecule has 0 aromatic heterocycles. The van der Waals surface area contributed by atoms with Crippen molar-refractivity contribution >= 4 is 0 Å². The van der Waals surface area contributed by atoms with Crippen molar-refractivity contribution in [2.45, 2.75) is 64.3 Å². The first kappa shape index (κ1) is 15.6. The van der Waals surface area contributed by atoms with Crippen molar-refractivity contribution < 1.29 is 14.6 Å². The van der Waals surface area contributed by atoms with Gasteiger partial charge in [-0.25, -0.2) is 0 Å². The Hall–Kier alpha value is -0.640. The van der Waals surface area contributed by atoms with Gasteiger partial charge in [0.1, 0.15) is 0 Å². The minimum atomic E-state index is -0.462. The predicted molar refractivity (Wildman–Crippen MR) is 92.3 cm³/mol. The molecule has 1 N–H and O–H groups in total. The number of allylic oxidation sites excluding steroid dienone is 2. The summed E-state index contributed by atoms with van der Waals surface area (Å²) in [5, 5.41) is 10.1. The van der Waals surface area contributed by atoms with Crippen molar-refractivity contribution in [3.8, 4) is 0 Å². The Labute approximate surface area is 145 Å². The molecule has 3 fully saturated rings. The second-order valence-electron chi connectivity index (χ2n) is 9.25. The van der Waals surface area contributed by atoms with Gasteiger partial charge < -0.3 is 14.6 Å². The molecular formula is C21H30O3. The van der Waals surface area contributed by atoms with Gasteiger partial charge in [-0.05, 0) is 67.8 Å². The number of hydrogen-bond donors (Lipinski definition) is 1. The van der Waals surface area contributed by atoms with Gasteiger partial charge in [-0.3, -0.25) is 0 Å². The maximum Gasteiger partial charge on any atom is 0.193 e. The molecule has 0 bridgehead atoms. The molecule has 1 aliphatic heterocycles. The number of fused-ring (bicyclic) bond motifs is 6. The van der Waals surface area contributed by atoms with Crippen LogP contribution in [0.2, 0.25) is 0 Å². The topological polar surface area (TPSA) is 38.7 Å². The first-order chi connectivity index (χ1) is 11.5. The molecule has 5 aliphatic rings. The van der Waals surface area contributed by atoms with E-state index in [0.717, 1.165) is 44.8 Å². The van der Waals surface area contributed by atoms with E-state index in [2.05, 4.69) is 32.1 Å². The van der Waals surface area contributed by atoms with Gasteiger partial charge in [0.2, 0.25) is 0 Å². The van der Waals surface area contributed by atoms with Crippen LogP contribution in [0.15, 0.2) is 23.8 Å². The molecule has 1 heterocycles. The highest BCUT2D eigenvalue weighted by molar-refractivity contribution is 5.30. The molecule has 1 spiro atoms. The summed E-state index contributed by atoms with van der Waals surface area (Å²) in [4.78, 5) is 0. The molecule has 3 heteroatoms. The number of ether oxygens (including phenoxy) is 2. The molecule has 2 saturated carbocycles. The fourth-order valence-electron chi connectivity index (χ4n) is 6.93. The first-order valence-corrected chi connectivity index (χ1v) is 9.83. The maximum absolute atomic E-state index is 10.1. The van der Waals surface area contributed by atoms with Crippen molar-refractivity contribution in [2.24, 2.45) is 28.6 Å². The van der Waals surface area contributed by atoms with E-state index >= 15 is 0 Å². The van der Waals surface area contributed by atoms with Crippen LogP contribution < -0.4 is 0 Å². The minimum Gasteiger partial charge on any atom is -0.393 e.